The smallest absolute Gasteiger partial charge is 0.356 e. The Balaban J connectivity index is 2.68. The van der Waals surface area contributed by atoms with E-state index in [2.05, 4.69) is 23.8 Å². The van der Waals surface area contributed by atoms with Crippen LogP contribution in [0.1, 0.15) is 30.8 Å². The first kappa shape index (κ1) is 11.0. The minimum absolute atomic E-state index is 0.0153. The van der Waals surface area contributed by atoms with Gasteiger partial charge in [-0.3, -0.25) is 0 Å². The number of carboxylic acid groups (broad SMARTS) is 1. The van der Waals surface area contributed by atoms with Crippen LogP contribution in [0.3, 0.4) is 0 Å². The molecule has 0 fully saturated rings. The van der Waals surface area contributed by atoms with E-state index in [1.807, 2.05) is 0 Å². The summed E-state index contributed by atoms with van der Waals surface area (Å²) in [6.07, 6.45) is 3.83. The number of hydrogen-bond donors (Lipinski definition) is 1. The number of thioether (sulfide) groups is 1. The summed E-state index contributed by atoms with van der Waals surface area (Å²) in [5, 5.41) is 9.83. The second-order valence-electron chi connectivity index (χ2n) is 2.88. The molecule has 0 amide bonds. The van der Waals surface area contributed by atoms with Gasteiger partial charge in [-0.25, -0.2) is 14.8 Å². The zero-order valence-corrected chi connectivity index (χ0v) is 8.91. The number of rotatable bonds is 4. The van der Waals surface area contributed by atoms with Gasteiger partial charge in [-0.1, -0.05) is 13.8 Å². The highest BCUT2D eigenvalue weighted by Crippen LogP contribution is 2.21. The molecule has 0 aromatic carbocycles. The summed E-state index contributed by atoms with van der Waals surface area (Å²) < 4.78 is 0. The van der Waals surface area contributed by atoms with Gasteiger partial charge in [0.15, 0.2) is 5.69 Å². The van der Waals surface area contributed by atoms with E-state index in [1.165, 1.54) is 12.4 Å². The minimum atomic E-state index is -1.04. The third-order valence-corrected chi connectivity index (χ3v) is 2.93. The zero-order chi connectivity index (χ0) is 10.6. The first-order chi connectivity index (χ1) is 6.63. The zero-order valence-electron chi connectivity index (χ0n) is 8.10. The number of nitrogens with zero attached hydrogens (tertiary/aromatic N) is 2. The highest BCUT2D eigenvalue weighted by molar-refractivity contribution is 7.99. The fraction of sp³-hybridized carbons (Fsp3) is 0.444. The summed E-state index contributed by atoms with van der Waals surface area (Å²) in [5.74, 6) is -1.04. The van der Waals surface area contributed by atoms with Crippen LogP contribution >= 0.6 is 11.8 Å². The molecular formula is C9H12N2O2S. The van der Waals surface area contributed by atoms with Crippen LogP contribution in [-0.4, -0.2) is 26.3 Å². The normalized spacial score (nSPS) is 12.4. The second kappa shape index (κ2) is 4.95. The molecule has 14 heavy (non-hydrogen) atoms. The summed E-state index contributed by atoms with van der Waals surface area (Å²) >= 11 is 1.60. The summed E-state index contributed by atoms with van der Waals surface area (Å²) in [6.45, 7) is 4.19. The molecule has 0 bridgehead atoms. The molecule has 5 heteroatoms. The van der Waals surface area contributed by atoms with Crippen molar-refractivity contribution in [1.82, 2.24) is 9.97 Å². The number of carbonyl (C=O) groups is 1. The van der Waals surface area contributed by atoms with Gasteiger partial charge in [-0.05, 0) is 6.42 Å². The highest BCUT2D eigenvalue weighted by atomic mass is 32.2. The lowest BCUT2D eigenvalue weighted by Gasteiger charge is -2.05. The van der Waals surface area contributed by atoms with E-state index in [0.717, 1.165) is 11.4 Å². The van der Waals surface area contributed by atoms with Crippen molar-refractivity contribution in [2.24, 2.45) is 0 Å². The van der Waals surface area contributed by atoms with E-state index in [1.54, 1.807) is 11.8 Å². The van der Waals surface area contributed by atoms with E-state index in [4.69, 9.17) is 5.11 Å². The standard InChI is InChI=1S/C9H12N2O2S/c1-3-6(2)14-8-5-10-7(4-11-8)9(12)13/h4-6H,3H2,1-2H3,(H,12,13). The molecule has 1 unspecified atom stereocenters. The van der Waals surface area contributed by atoms with Crippen molar-refractivity contribution in [3.05, 3.63) is 18.1 Å². The molecule has 1 aromatic rings. The van der Waals surface area contributed by atoms with Crippen molar-refractivity contribution >= 4 is 17.7 Å². The number of aromatic nitrogens is 2. The van der Waals surface area contributed by atoms with Gasteiger partial charge < -0.3 is 5.11 Å². The molecular weight excluding hydrogens is 200 g/mol. The molecule has 0 aliphatic heterocycles. The summed E-state index contributed by atoms with van der Waals surface area (Å²) in [4.78, 5) is 18.3. The second-order valence-corrected chi connectivity index (χ2v) is 4.34. The molecule has 1 aromatic heterocycles. The van der Waals surface area contributed by atoms with Gasteiger partial charge in [0.05, 0.1) is 12.4 Å². The Morgan fingerprint density at radius 2 is 2.29 bits per heavy atom. The first-order valence-corrected chi connectivity index (χ1v) is 5.23. The van der Waals surface area contributed by atoms with Crippen LogP contribution in [0.5, 0.6) is 0 Å². The largest absolute Gasteiger partial charge is 0.476 e. The van der Waals surface area contributed by atoms with E-state index in [-0.39, 0.29) is 5.69 Å². The fourth-order valence-corrected chi connectivity index (χ4v) is 1.58. The Kier molecular flexibility index (Phi) is 3.88. The Bertz CT molecular complexity index is 313. The van der Waals surface area contributed by atoms with Gasteiger partial charge in [-0.15, -0.1) is 11.8 Å². The topological polar surface area (TPSA) is 63.1 Å². The van der Waals surface area contributed by atoms with Crippen molar-refractivity contribution in [2.45, 2.75) is 30.5 Å². The Hall–Kier alpha value is -1.10. The van der Waals surface area contributed by atoms with Crippen LogP contribution in [0, 0.1) is 0 Å². The highest BCUT2D eigenvalue weighted by Gasteiger charge is 2.07. The number of hydrogen-bond acceptors (Lipinski definition) is 4. The van der Waals surface area contributed by atoms with Crippen molar-refractivity contribution in [2.75, 3.05) is 0 Å². The first-order valence-electron chi connectivity index (χ1n) is 4.35. The molecule has 0 radical (unpaired) electrons. The maximum absolute atomic E-state index is 10.5. The molecule has 0 aliphatic carbocycles. The monoisotopic (exact) mass is 212 g/mol. The van der Waals surface area contributed by atoms with Crippen LogP contribution in [0.25, 0.3) is 0 Å². The average Bonchev–Trinajstić information content (AvgIpc) is 2.18. The lowest BCUT2D eigenvalue weighted by Crippen LogP contribution is -2.02. The molecule has 4 nitrogen and oxygen atoms in total. The average molecular weight is 212 g/mol. The SMILES string of the molecule is CCC(C)Sc1cnc(C(=O)O)cn1. The minimum Gasteiger partial charge on any atom is -0.476 e. The van der Waals surface area contributed by atoms with Crippen LogP contribution in [0.4, 0.5) is 0 Å². The lowest BCUT2D eigenvalue weighted by molar-refractivity contribution is 0.0689. The predicted molar refractivity (Wildman–Crippen MR) is 54.6 cm³/mol. The van der Waals surface area contributed by atoms with Gasteiger partial charge in [0.2, 0.25) is 0 Å². The molecule has 1 heterocycles. The third-order valence-electron chi connectivity index (χ3n) is 1.74. The predicted octanol–water partition coefficient (Wildman–Crippen LogP) is 2.07. The summed E-state index contributed by atoms with van der Waals surface area (Å²) in [7, 11) is 0. The van der Waals surface area contributed by atoms with Crippen LogP contribution in [0.2, 0.25) is 0 Å². The maximum Gasteiger partial charge on any atom is 0.356 e. The van der Waals surface area contributed by atoms with Crippen LogP contribution < -0.4 is 0 Å². The number of aromatic carboxylic acids is 1. The van der Waals surface area contributed by atoms with Crippen molar-refractivity contribution in [1.29, 1.82) is 0 Å². The molecule has 0 spiro atoms. The maximum atomic E-state index is 10.5. The molecule has 1 N–H and O–H groups in total. The van der Waals surface area contributed by atoms with Gasteiger partial charge in [0.25, 0.3) is 0 Å². The molecule has 0 aliphatic rings. The summed E-state index contributed by atoms with van der Waals surface area (Å²) in [5.41, 5.74) is -0.0153. The van der Waals surface area contributed by atoms with Gasteiger partial charge in [-0.2, -0.15) is 0 Å². The lowest BCUT2D eigenvalue weighted by atomic mass is 10.4. The summed E-state index contributed by atoms with van der Waals surface area (Å²) in [6, 6.07) is 0. The Labute approximate surface area is 86.8 Å². The van der Waals surface area contributed by atoms with E-state index in [0.29, 0.717) is 5.25 Å². The molecule has 0 saturated heterocycles. The molecule has 1 atom stereocenters. The Morgan fingerprint density at radius 1 is 1.57 bits per heavy atom. The van der Waals surface area contributed by atoms with E-state index in [9.17, 15) is 4.79 Å². The van der Waals surface area contributed by atoms with Gasteiger partial charge >= 0.3 is 5.97 Å². The van der Waals surface area contributed by atoms with E-state index >= 15 is 0 Å². The van der Waals surface area contributed by atoms with E-state index < -0.39 is 5.97 Å². The van der Waals surface area contributed by atoms with Crippen molar-refractivity contribution < 1.29 is 9.90 Å². The van der Waals surface area contributed by atoms with Gasteiger partial charge in [0.1, 0.15) is 5.03 Å². The third kappa shape index (κ3) is 2.99. The van der Waals surface area contributed by atoms with Gasteiger partial charge in [0, 0.05) is 5.25 Å². The van der Waals surface area contributed by atoms with Crippen molar-refractivity contribution in [3.8, 4) is 0 Å². The molecule has 1 rings (SSSR count). The van der Waals surface area contributed by atoms with Crippen molar-refractivity contribution in [3.63, 3.8) is 0 Å². The van der Waals surface area contributed by atoms with Crippen LogP contribution in [0.15, 0.2) is 17.4 Å². The molecule has 0 saturated carbocycles. The Morgan fingerprint density at radius 3 is 2.71 bits per heavy atom. The fourth-order valence-electron chi connectivity index (χ4n) is 0.777. The van der Waals surface area contributed by atoms with Crippen LogP contribution in [-0.2, 0) is 0 Å². The quantitative estimate of drug-likeness (QED) is 0.774. The molecule has 76 valence electrons. The number of carboxylic acids is 1.